The molecule has 0 saturated carbocycles. The van der Waals surface area contributed by atoms with Gasteiger partial charge in [0.05, 0.1) is 5.52 Å². The molecular weight excluding hydrogens is 261 g/mol. The van der Waals surface area contributed by atoms with Crippen LogP contribution in [0.25, 0.3) is 22.5 Å². The quantitative estimate of drug-likeness (QED) is 0.716. The third kappa shape index (κ3) is 2.13. The first-order valence-corrected chi connectivity index (χ1v) is 6.41. The van der Waals surface area contributed by atoms with Gasteiger partial charge in [-0.2, -0.15) is 0 Å². The number of benzene rings is 1. The molecule has 0 bridgehead atoms. The number of nitrogens with zero attached hydrogens (tertiary/aromatic N) is 1. The molecule has 2 aromatic heterocycles. The first-order chi connectivity index (χ1) is 9.58. The van der Waals surface area contributed by atoms with E-state index in [1.807, 2.05) is 20.8 Å². The summed E-state index contributed by atoms with van der Waals surface area (Å²) in [6.07, 6.45) is 0. The topological polar surface area (TPSA) is 74.7 Å². The third-order valence-corrected chi connectivity index (χ3v) is 3.01. The first kappa shape index (κ1) is 14.0. The first-order valence-electron chi connectivity index (χ1n) is 6.41. The van der Waals surface area contributed by atoms with Crippen molar-refractivity contribution in [3.05, 3.63) is 39.6 Å². The fraction of sp³-hybridized carbons (Fsp3) is 0.286. The van der Waals surface area contributed by atoms with E-state index in [1.54, 1.807) is 13.0 Å². The summed E-state index contributed by atoms with van der Waals surface area (Å²) in [6, 6.07) is 3.11. The van der Waals surface area contributed by atoms with Crippen LogP contribution in [0.2, 0.25) is 0 Å². The van der Waals surface area contributed by atoms with E-state index < -0.39 is 5.76 Å². The van der Waals surface area contributed by atoms with E-state index >= 15 is 0 Å². The van der Waals surface area contributed by atoms with Crippen LogP contribution >= 0.6 is 0 Å². The van der Waals surface area contributed by atoms with E-state index in [1.165, 1.54) is 6.07 Å². The summed E-state index contributed by atoms with van der Waals surface area (Å²) in [5.41, 5.74) is 2.78. The van der Waals surface area contributed by atoms with E-state index in [9.17, 15) is 9.18 Å². The molecular formula is C14H16FN3O2. The molecule has 0 unspecified atom stereocenters. The molecule has 3 rings (SSSR count). The zero-order valence-electron chi connectivity index (χ0n) is 11.8. The highest BCUT2D eigenvalue weighted by Crippen LogP contribution is 2.31. The second kappa shape index (κ2) is 5.32. The second-order valence-corrected chi connectivity index (χ2v) is 4.16. The van der Waals surface area contributed by atoms with Gasteiger partial charge < -0.3 is 9.40 Å². The summed E-state index contributed by atoms with van der Waals surface area (Å²) in [7, 11) is 0. The maximum Gasteiger partial charge on any atom is 0.434 e. The molecule has 2 N–H and O–H groups in total. The number of aromatic amines is 2. The fourth-order valence-corrected chi connectivity index (χ4v) is 2.10. The summed E-state index contributed by atoms with van der Waals surface area (Å²) in [6.45, 7) is 7.63. The molecule has 0 aliphatic carbocycles. The van der Waals surface area contributed by atoms with Crippen molar-refractivity contribution in [3.63, 3.8) is 0 Å². The monoisotopic (exact) mass is 277 g/mol. The molecule has 3 aromatic rings. The summed E-state index contributed by atoms with van der Waals surface area (Å²) in [5.74, 6) is -0.818. The van der Waals surface area contributed by atoms with Crippen molar-refractivity contribution < 1.29 is 8.81 Å². The van der Waals surface area contributed by atoms with Crippen molar-refractivity contribution in [2.24, 2.45) is 0 Å². The Hall–Kier alpha value is -2.37. The van der Waals surface area contributed by atoms with E-state index in [4.69, 9.17) is 4.42 Å². The number of rotatable bonds is 1. The maximum atomic E-state index is 13.8. The average molecular weight is 277 g/mol. The lowest BCUT2D eigenvalue weighted by atomic mass is 10.1. The van der Waals surface area contributed by atoms with Crippen LogP contribution in [0.5, 0.6) is 0 Å². The van der Waals surface area contributed by atoms with Crippen LogP contribution in [0.3, 0.4) is 0 Å². The molecule has 0 spiro atoms. The summed E-state index contributed by atoms with van der Waals surface area (Å²) in [4.78, 5) is 14.0. The van der Waals surface area contributed by atoms with Crippen molar-refractivity contribution in [3.8, 4) is 11.6 Å². The van der Waals surface area contributed by atoms with Crippen molar-refractivity contribution in [2.75, 3.05) is 0 Å². The van der Waals surface area contributed by atoms with Gasteiger partial charge in [-0.25, -0.2) is 14.3 Å². The molecule has 0 atom stereocenters. The number of hydrogen-bond acceptors (Lipinski definition) is 3. The Morgan fingerprint density at radius 2 is 1.95 bits per heavy atom. The molecule has 0 amide bonds. The largest absolute Gasteiger partial charge is 0.434 e. The molecule has 2 heterocycles. The van der Waals surface area contributed by atoms with Gasteiger partial charge in [-0.05, 0) is 31.0 Å². The van der Waals surface area contributed by atoms with Crippen LogP contribution < -0.4 is 5.76 Å². The van der Waals surface area contributed by atoms with Crippen molar-refractivity contribution in [1.29, 1.82) is 0 Å². The average Bonchev–Trinajstić information content (AvgIpc) is 3.01. The lowest BCUT2D eigenvalue weighted by Crippen LogP contribution is -1.93. The highest BCUT2D eigenvalue weighted by molar-refractivity contribution is 5.91. The molecule has 6 heteroatoms. The highest BCUT2D eigenvalue weighted by atomic mass is 19.1. The zero-order valence-corrected chi connectivity index (χ0v) is 11.8. The predicted molar refractivity (Wildman–Crippen MR) is 75.2 cm³/mol. The molecule has 0 aliphatic rings. The summed E-state index contributed by atoms with van der Waals surface area (Å²) in [5, 5.41) is 6.42. The van der Waals surface area contributed by atoms with E-state index in [2.05, 4.69) is 15.2 Å². The van der Waals surface area contributed by atoms with Gasteiger partial charge in [-0.1, -0.05) is 19.9 Å². The van der Waals surface area contributed by atoms with Gasteiger partial charge in [-0.15, -0.1) is 5.10 Å². The van der Waals surface area contributed by atoms with Crippen molar-refractivity contribution in [2.45, 2.75) is 27.7 Å². The summed E-state index contributed by atoms with van der Waals surface area (Å²) >= 11 is 0. The molecule has 106 valence electrons. The normalized spacial score (nSPS) is 10.4. The Morgan fingerprint density at radius 1 is 1.25 bits per heavy atom. The van der Waals surface area contributed by atoms with Crippen LogP contribution in [-0.2, 0) is 0 Å². The molecule has 0 aliphatic heterocycles. The van der Waals surface area contributed by atoms with Crippen LogP contribution in [-0.4, -0.2) is 15.2 Å². The van der Waals surface area contributed by atoms with Crippen LogP contribution in [0.1, 0.15) is 25.0 Å². The van der Waals surface area contributed by atoms with E-state index in [0.717, 1.165) is 5.56 Å². The zero-order chi connectivity index (χ0) is 14.9. The lowest BCUT2D eigenvalue weighted by molar-refractivity contribution is 0.525. The number of aromatic nitrogens is 3. The number of hydrogen-bond donors (Lipinski definition) is 2. The van der Waals surface area contributed by atoms with Gasteiger partial charge in [0.1, 0.15) is 11.5 Å². The smallest absolute Gasteiger partial charge is 0.386 e. The molecule has 0 fully saturated rings. The van der Waals surface area contributed by atoms with E-state index in [0.29, 0.717) is 22.2 Å². The van der Waals surface area contributed by atoms with E-state index in [-0.39, 0.29) is 11.7 Å². The van der Waals surface area contributed by atoms with Gasteiger partial charge in [0, 0.05) is 5.39 Å². The second-order valence-electron chi connectivity index (χ2n) is 4.16. The molecule has 0 saturated heterocycles. The van der Waals surface area contributed by atoms with Crippen LogP contribution in [0.15, 0.2) is 21.3 Å². The standard InChI is InChI=1S/C12H10FN3O2.C2H6/c1-5-3-4-7(13)8-6(2)10(14-9(5)8)11-15-16-12(17)18-11;1-2/h3-4,14H,1-2H3,(H,16,17);1-2H3. The minimum absolute atomic E-state index is 0.132. The Labute approximate surface area is 114 Å². The molecule has 0 radical (unpaired) electrons. The van der Waals surface area contributed by atoms with Crippen LogP contribution in [0.4, 0.5) is 4.39 Å². The number of nitrogens with one attached hydrogen (secondary N) is 2. The Balaban J connectivity index is 0.000000704. The molecule has 1 aromatic carbocycles. The van der Waals surface area contributed by atoms with Gasteiger partial charge >= 0.3 is 5.76 Å². The Kier molecular flexibility index (Phi) is 3.74. The third-order valence-electron chi connectivity index (χ3n) is 3.01. The van der Waals surface area contributed by atoms with Gasteiger partial charge in [0.25, 0.3) is 5.89 Å². The number of H-pyrrole nitrogens is 2. The Morgan fingerprint density at radius 3 is 2.50 bits per heavy atom. The summed E-state index contributed by atoms with van der Waals surface area (Å²) < 4.78 is 18.7. The minimum Gasteiger partial charge on any atom is -0.386 e. The lowest BCUT2D eigenvalue weighted by Gasteiger charge is -1.97. The van der Waals surface area contributed by atoms with Crippen molar-refractivity contribution >= 4 is 10.9 Å². The number of aryl methyl sites for hydroxylation is 2. The van der Waals surface area contributed by atoms with Crippen molar-refractivity contribution in [1.82, 2.24) is 15.2 Å². The minimum atomic E-state index is -0.639. The SMILES string of the molecule is CC.Cc1ccc(F)c2c(C)c(-c3n[nH]c(=O)o3)[nH]c12. The molecule has 5 nitrogen and oxygen atoms in total. The fourth-order valence-electron chi connectivity index (χ4n) is 2.10. The van der Waals surface area contributed by atoms with Gasteiger partial charge in [-0.3, -0.25) is 0 Å². The highest BCUT2D eigenvalue weighted by Gasteiger charge is 2.17. The number of fused-ring (bicyclic) bond motifs is 1. The molecule has 20 heavy (non-hydrogen) atoms. The predicted octanol–water partition coefficient (Wildman–Crippen LogP) is 3.29. The van der Waals surface area contributed by atoms with Gasteiger partial charge in [0.15, 0.2) is 0 Å². The number of halogens is 1. The Bertz CT molecular complexity index is 798. The van der Waals surface area contributed by atoms with Crippen LogP contribution in [0, 0.1) is 19.7 Å². The van der Waals surface area contributed by atoms with Gasteiger partial charge in [0.2, 0.25) is 0 Å². The maximum absolute atomic E-state index is 13.8.